The molecule has 0 amide bonds. The monoisotopic (exact) mass is 348 g/mol. The molecule has 0 aliphatic rings. The van der Waals surface area contributed by atoms with Crippen molar-refractivity contribution in [2.24, 2.45) is 0 Å². The maximum atomic E-state index is 12.4. The molecule has 2 aromatic carbocycles. The van der Waals surface area contributed by atoms with Crippen LogP contribution in [-0.2, 0) is 11.3 Å². The van der Waals surface area contributed by atoms with E-state index in [0.717, 1.165) is 27.5 Å². The summed E-state index contributed by atoms with van der Waals surface area (Å²) in [4.78, 5) is 12.4. The summed E-state index contributed by atoms with van der Waals surface area (Å²) in [5.74, 6) is 0. The van der Waals surface area contributed by atoms with E-state index < -0.39 is 11.7 Å². The third kappa shape index (κ3) is 3.06. The van der Waals surface area contributed by atoms with E-state index in [-0.39, 0.29) is 0 Å². The quantitative estimate of drug-likeness (QED) is 0.544. The van der Waals surface area contributed by atoms with Gasteiger partial charge in [0.25, 0.3) is 0 Å². The lowest BCUT2D eigenvalue weighted by Crippen LogP contribution is -2.26. The van der Waals surface area contributed by atoms with Gasteiger partial charge in [0.05, 0.1) is 17.6 Å². The van der Waals surface area contributed by atoms with Crippen LogP contribution in [0.3, 0.4) is 0 Å². The van der Waals surface area contributed by atoms with Crippen molar-refractivity contribution in [3.05, 3.63) is 60.3 Å². The molecular weight excluding hydrogens is 328 g/mol. The highest BCUT2D eigenvalue weighted by molar-refractivity contribution is 5.97. The van der Waals surface area contributed by atoms with Crippen LogP contribution in [0, 0.1) is 0 Å². The molecule has 26 heavy (non-hydrogen) atoms. The molecule has 4 aromatic rings. The van der Waals surface area contributed by atoms with Gasteiger partial charge in [-0.15, -0.1) is 5.10 Å². The molecule has 0 fully saturated rings. The first-order valence-electron chi connectivity index (χ1n) is 8.52. The van der Waals surface area contributed by atoms with E-state index in [9.17, 15) is 4.79 Å². The van der Waals surface area contributed by atoms with E-state index in [1.807, 2.05) is 61.9 Å². The molecule has 0 bridgehead atoms. The number of benzene rings is 2. The van der Waals surface area contributed by atoms with Gasteiger partial charge in [-0.2, -0.15) is 0 Å². The Balaban J connectivity index is 1.74. The van der Waals surface area contributed by atoms with Gasteiger partial charge in [-0.1, -0.05) is 35.5 Å². The van der Waals surface area contributed by atoms with E-state index >= 15 is 0 Å². The molecule has 6 nitrogen and oxygen atoms in total. The molecule has 2 aromatic heterocycles. The van der Waals surface area contributed by atoms with Crippen LogP contribution in [0.1, 0.15) is 26.3 Å². The van der Waals surface area contributed by atoms with Crippen LogP contribution >= 0.6 is 0 Å². The molecule has 0 aliphatic carbocycles. The Kier molecular flexibility index (Phi) is 3.76. The Labute approximate surface area is 151 Å². The van der Waals surface area contributed by atoms with E-state index in [4.69, 9.17) is 4.74 Å². The van der Waals surface area contributed by atoms with E-state index in [1.54, 1.807) is 6.20 Å². The summed E-state index contributed by atoms with van der Waals surface area (Å²) in [5.41, 5.74) is 3.06. The molecule has 0 saturated carbocycles. The second-order valence-corrected chi connectivity index (χ2v) is 7.30. The Morgan fingerprint density at radius 2 is 1.85 bits per heavy atom. The minimum atomic E-state index is -0.545. The third-order valence-electron chi connectivity index (χ3n) is 4.09. The molecular formula is C20H20N4O2. The lowest BCUT2D eigenvalue weighted by atomic mass is 10.2. The van der Waals surface area contributed by atoms with Gasteiger partial charge in [-0.3, -0.25) is 4.57 Å². The number of hydrogen-bond donors (Lipinski definition) is 0. The van der Waals surface area contributed by atoms with Gasteiger partial charge in [0, 0.05) is 11.6 Å². The van der Waals surface area contributed by atoms with Gasteiger partial charge >= 0.3 is 6.09 Å². The fourth-order valence-corrected chi connectivity index (χ4v) is 2.94. The summed E-state index contributed by atoms with van der Waals surface area (Å²) in [6.07, 6.45) is 1.33. The number of rotatable bonds is 2. The SMILES string of the molecule is CC(C)(C)OC(=O)n1ccc2cc3c(cc21)nnn3Cc1ccccc1. The van der Waals surface area contributed by atoms with Crippen molar-refractivity contribution in [2.75, 3.05) is 0 Å². The van der Waals surface area contributed by atoms with Crippen LogP contribution in [-0.4, -0.2) is 31.3 Å². The standard InChI is InChI=1S/C20H20N4O2/c1-20(2,3)26-19(25)23-10-9-15-11-18-16(12-17(15)23)21-22-24(18)13-14-7-5-4-6-8-14/h4-12H,13H2,1-3H3. The maximum Gasteiger partial charge on any atom is 0.418 e. The van der Waals surface area contributed by atoms with Crippen molar-refractivity contribution in [1.29, 1.82) is 0 Å². The van der Waals surface area contributed by atoms with Crippen LogP contribution in [0.15, 0.2) is 54.7 Å². The van der Waals surface area contributed by atoms with Gasteiger partial charge in [0.2, 0.25) is 0 Å². The Morgan fingerprint density at radius 1 is 1.08 bits per heavy atom. The molecule has 2 heterocycles. The van der Waals surface area contributed by atoms with E-state index in [2.05, 4.69) is 22.4 Å². The average Bonchev–Trinajstić information content (AvgIpc) is 3.16. The molecule has 4 rings (SSSR count). The molecule has 0 spiro atoms. The molecule has 0 N–H and O–H groups in total. The first-order valence-corrected chi connectivity index (χ1v) is 8.52. The molecule has 0 atom stereocenters. The fraction of sp³-hybridized carbons (Fsp3) is 0.250. The predicted molar refractivity (Wildman–Crippen MR) is 100 cm³/mol. The van der Waals surface area contributed by atoms with Gasteiger partial charge in [-0.25, -0.2) is 9.48 Å². The van der Waals surface area contributed by atoms with Crippen molar-refractivity contribution in [2.45, 2.75) is 32.9 Å². The lowest BCUT2D eigenvalue weighted by molar-refractivity contribution is 0.0544. The molecule has 6 heteroatoms. The normalized spacial score (nSPS) is 12.0. The molecule has 0 unspecified atom stereocenters. The number of ether oxygens (including phenoxy) is 1. The van der Waals surface area contributed by atoms with Crippen LogP contribution in [0.25, 0.3) is 21.9 Å². The number of carbonyl (C=O) groups is 1. The second kappa shape index (κ2) is 5.98. The summed E-state index contributed by atoms with van der Waals surface area (Å²) >= 11 is 0. The van der Waals surface area contributed by atoms with Crippen LogP contribution in [0.5, 0.6) is 0 Å². The molecule has 0 aliphatic heterocycles. The zero-order chi connectivity index (χ0) is 18.3. The number of aromatic nitrogens is 4. The van der Waals surface area contributed by atoms with Crippen molar-refractivity contribution < 1.29 is 9.53 Å². The molecule has 0 radical (unpaired) electrons. The van der Waals surface area contributed by atoms with Gasteiger partial charge in [0.1, 0.15) is 11.1 Å². The van der Waals surface area contributed by atoms with Crippen molar-refractivity contribution in [3.8, 4) is 0 Å². The van der Waals surface area contributed by atoms with Crippen molar-refractivity contribution >= 4 is 28.0 Å². The molecule has 132 valence electrons. The van der Waals surface area contributed by atoms with Gasteiger partial charge in [-0.05, 0) is 44.5 Å². The lowest BCUT2D eigenvalue weighted by Gasteiger charge is -2.19. The summed E-state index contributed by atoms with van der Waals surface area (Å²) in [6, 6.07) is 15.9. The summed E-state index contributed by atoms with van der Waals surface area (Å²) < 4.78 is 8.85. The zero-order valence-electron chi connectivity index (χ0n) is 15.0. The maximum absolute atomic E-state index is 12.4. The van der Waals surface area contributed by atoms with Crippen molar-refractivity contribution in [1.82, 2.24) is 19.6 Å². The Morgan fingerprint density at radius 3 is 2.58 bits per heavy atom. The Bertz CT molecular complexity index is 1090. The summed E-state index contributed by atoms with van der Waals surface area (Å²) in [6.45, 7) is 6.20. The third-order valence-corrected chi connectivity index (χ3v) is 4.09. The number of carbonyl (C=O) groups excluding carboxylic acids is 1. The second-order valence-electron chi connectivity index (χ2n) is 7.30. The number of nitrogens with zero attached hydrogens (tertiary/aromatic N) is 4. The average molecular weight is 348 g/mol. The van der Waals surface area contributed by atoms with Gasteiger partial charge < -0.3 is 4.74 Å². The van der Waals surface area contributed by atoms with Crippen LogP contribution in [0.2, 0.25) is 0 Å². The topological polar surface area (TPSA) is 61.9 Å². The largest absolute Gasteiger partial charge is 0.443 e. The summed E-state index contributed by atoms with van der Waals surface area (Å²) in [7, 11) is 0. The fourth-order valence-electron chi connectivity index (χ4n) is 2.94. The zero-order valence-corrected chi connectivity index (χ0v) is 15.0. The highest BCUT2D eigenvalue weighted by Crippen LogP contribution is 2.24. The van der Waals surface area contributed by atoms with Crippen LogP contribution in [0.4, 0.5) is 4.79 Å². The highest BCUT2D eigenvalue weighted by Gasteiger charge is 2.19. The number of hydrogen-bond acceptors (Lipinski definition) is 4. The molecule has 0 saturated heterocycles. The van der Waals surface area contributed by atoms with E-state index in [0.29, 0.717) is 6.54 Å². The highest BCUT2D eigenvalue weighted by atomic mass is 16.6. The summed E-state index contributed by atoms with van der Waals surface area (Å²) in [5, 5.41) is 9.48. The first kappa shape index (κ1) is 16.3. The predicted octanol–water partition coefficient (Wildman–Crippen LogP) is 4.22. The Hall–Kier alpha value is -3.15. The van der Waals surface area contributed by atoms with Gasteiger partial charge in [0.15, 0.2) is 0 Å². The smallest absolute Gasteiger partial charge is 0.418 e. The first-order chi connectivity index (χ1) is 12.4. The minimum Gasteiger partial charge on any atom is -0.443 e. The minimum absolute atomic E-state index is 0.400. The van der Waals surface area contributed by atoms with Crippen LogP contribution < -0.4 is 0 Å². The number of fused-ring (bicyclic) bond motifs is 2. The van der Waals surface area contributed by atoms with Crippen molar-refractivity contribution in [3.63, 3.8) is 0 Å². The van der Waals surface area contributed by atoms with E-state index in [1.165, 1.54) is 4.57 Å².